The largest absolute Gasteiger partial charge is 0.366 e. The van der Waals surface area contributed by atoms with Gasteiger partial charge in [0, 0.05) is 22.2 Å². The van der Waals surface area contributed by atoms with E-state index in [9.17, 15) is 9.59 Å². The fourth-order valence-corrected chi connectivity index (χ4v) is 5.74. The Hall–Kier alpha value is -2.51. The minimum Gasteiger partial charge on any atom is -0.366 e. The lowest BCUT2D eigenvalue weighted by Gasteiger charge is -2.47. The summed E-state index contributed by atoms with van der Waals surface area (Å²) in [6, 6.07) is 11.6. The van der Waals surface area contributed by atoms with Crippen LogP contribution >= 0.6 is 28.1 Å². The first-order chi connectivity index (χ1) is 15.5. The van der Waals surface area contributed by atoms with Crippen molar-refractivity contribution in [1.29, 1.82) is 0 Å². The molecule has 1 N–H and O–H groups in total. The summed E-state index contributed by atoms with van der Waals surface area (Å²) >= 11 is 8.75. The third-order valence-electron chi connectivity index (χ3n) is 6.56. The van der Waals surface area contributed by atoms with E-state index in [2.05, 4.69) is 66.0 Å². The third kappa shape index (κ3) is 4.24. The van der Waals surface area contributed by atoms with E-state index in [4.69, 9.17) is 12.2 Å². The molecule has 1 atom stereocenters. The van der Waals surface area contributed by atoms with Crippen LogP contribution in [0.2, 0.25) is 0 Å². The van der Waals surface area contributed by atoms with Crippen LogP contribution in [0.1, 0.15) is 56.7 Å². The highest BCUT2D eigenvalue weighted by atomic mass is 79.9. The number of nitrogens with one attached hydrogen (secondary N) is 1. The summed E-state index contributed by atoms with van der Waals surface area (Å²) in [6.45, 7) is 11.9. The van der Waals surface area contributed by atoms with E-state index < -0.39 is 11.8 Å². The van der Waals surface area contributed by atoms with Gasteiger partial charge in [0.25, 0.3) is 11.8 Å². The van der Waals surface area contributed by atoms with E-state index in [1.165, 1.54) is 16.2 Å². The molecule has 2 aromatic carbocycles. The second-order valence-electron chi connectivity index (χ2n) is 9.37. The highest BCUT2D eigenvalue weighted by Crippen LogP contribution is 2.44. The van der Waals surface area contributed by atoms with Crippen molar-refractivity contribution in [2.24, 2.45) is 0 Å². The Morgan fingerprint density at radius 3 is 2.64 bits per heavy atom. The number of amides is 2. The van der Waals surface area contributed by atoms with Gasteiger partial charge in [0.2, 0.25) is 0 Å². The molecule has 2 aliphatic rings. The number of fused-ring (bicyclic) bond motifs is 1. The van der Waals surface area contributed by atoms with Crippen molar-refractivity contribution in [2.75, 3.05) is 16.3 Å². The number of hydrogen-bond donors (Lipinski definition) is 1. The van der Waals surface area contributed by atoms with Gasteiger partial charge in [-0.2, -0.15) is 0 Å². The molecule has 2 amide bonds. The number of hydrogen-bond acceptors (Lipinski definition) is 4. The summed E-state index contributed by atoms with van der Waals surface area (Å²) < 4.78 is 0.820. The summed E-state index contributed by atoms with van der Waals surface area (Å²) in [5.41, 5.74) is 5.12. The van der Waals surface area contributed by atoms with Gasteiger partial charge in [-0.3, -0.25) is 19.8 Å². The van der Waals surface area contributed by atoms with Gasteiger partial charge in [0.05, 0.1) is 5.69 Å². The predicted molar refractivity (Wildman–Crippen MR) is 142 cm³/mol. The van der Waals surface area contributed by atoms with Gasteiger partial charge in [0.15, 0.2) is 5.11 Å². The molecule has 2 heterocycles. The Morgan fingerprint density at radius 2 is 1.97 bits per heavy atom. The van der Waals surface area contributed by atoms with E-state index >= 15 is 0 Å². The highest BCUT2D eigenvalue weighted by molar-refractivity contribution is 9.10. The summed E-state index contributed by atoms with van der Waals surface area (Å²) in [6.07, 6.45) is 2.74. The van der Waals surface area contributed by atoms with Crippen LogP contribution in [-0.2, 0) is 9.59 Å². The lowest BCUT2D eigenvalue weighted by Crippen LogP contribution is -2.54. The van der Waals surface area contributed by atoms with Crippen molar-refractivity contribution >= 4 is 62.5 Å². The van der Waals surface area contributed by atoms with Gasteiger partial charge >= 0.3 is 0 Å². The number of carbonyl (C=O) groups excluding carboxylic acids is 2. The molecule has 0 unspecified atom stereocenters. The molecule has 0 radical (unpaired) electrons. The van der Waals surface area contributed by atoms with Gasteiger partial charge in [-0.15, -0.1) is 0 Å². The molecule has 2 aromatic rings. The standard InChI is InChI=1S/C26H28BrN3O2S/c1-6-29-22-10-15(2)17(11-20(22)16(3)14-26(29,4)5)12-21-23(31)28-25(33)30(24(21)32)19-9-7-8-18(27)13-19/h7-13,16H,6,14H2,1-5H3,(H,28,31,33)/b21-12+/t16-/m0/s1. The number of rotatable bonds is 3. The minimum atomic E-state index is -0.474. The second kappa shape index (κ2) is 8.69. The summed E-state index contributed by atoms with van der Waals surface area (Å²) in [4.78, 5) is 30.0. The van der Waals surface area contributed by atoms with E-state index in [1.54, 1.807) is 18.2 Å². The zero-order valence-electron chi connectivity index (χ0n) is 19.5. The van der Waals surface area contributed by atoms with Crippen molar-refractivity contribution in [3.8, 4) is 0 Å². The van der Waals surface area contributed by atoms with Crippen LogP contribution in [-0.4, -0.2) is 29.0 Å². The fourth-order valence-electron chi connectivity index (χ4n) is 5.07. The van der Waals surface area contributed by atoms with Crippen LogP contribution in [0, 0.1) is 6.92 Å². The first-order valence-electron chi connectivity index (χ1n) is 11.1. The van der Waals surface area contributed by atoms with Gasteiger partial charge in [-0.1, -0.05) is 28.9 Å². The summed E-state index contributed by atoms with van der Waals surface area (Å²) in [5.74, 6) is -0.529. The monoisotopic (exact) mass is 525 g/mol. The molecule has 0 aliphatic carbocycles. The Kier molecular flexibility index (Phi) is 6.22. The number of carbonyl (C=O) groups is 2. The summed E-state index contributed by atoms with van der Waals surface area (Å²) in [7, 11) is 0. The van der Waals surface area contributed by atoms with Crippen molar-refractivity contribution in [3.63, 3.8) is 0 Å². The van der Waals surface area contributed by atoms with E-state index in [-0.39, 0.29) is 16.2 Å². The average molecular weight is 527 g/mol. The number of benzene rings is 2. The highest BCUT2D eigenvalue weighted by Gasteiger charge is 2.37. The molecule has 33 heavy (non-hydrogen) atoms. The number of anilines is 2. The predicted octanol–water partition coefficient (Wildman–Crippen LogP) is 5.70. The Morgan fingerprint density at radius 1 is 1.24 bits per heavy atom. The molecular weight excluding hydrogens is 498 g/mol. The Labute approximate surface area is 209 Å². The molecule has 1 fully saturated rings. The third-order valence-corrected chi connectivity index (χ3v) is 7.34. The van der Waals surface area contributed by atoms with Crippen LogP contribution in [0.5, 0.6) is 0 Å². The average Bonchev–Trinajstić information content (AvgIpc) is 2.71. The zero-order chi connectivity index (χ0) is 24.1. The van der Waals surface area contributed by atoms with Crippen LogP contribution < -0.4 is 15.1 Å². The SMILES string of the molecule is CCN1c2cc(C)c(/C=C3\C(=O)NC(=S)N(c4cccc(Br)c4)C3=O)cc2[C@@H](C)CC1(C)C. The molecule has 4 rings (SSSR count). The van der Waals surface area contributed by atoms with Gasteiger partial charge in [-0.25, -0.2) is 0 Å². The Bertz CT molecular complexity index is 1200. The van der Waals surface area contributed by atoms with Crippen LogP contribution in [0.3, 0.4) is 0 Å². The van der Waals surface area contributed by atoms with Crippen LogP contribution in [0.15, 0.2) is 46.4 Å². The molecular formula is C26H28BrN3O2S. The molecule has 0 saturated carbocycles. The maximum absolute atomic E-state index is 13.4. The normalized spacial score (nSPS) is 21.3. The number of thiocarbonyl (C=S) groups is 1. The summed E-state index contributed by atoms with van der Waals surface area (Å²) in [5, 5.41) is 2.75. The fraction of sp³-hybridized carbons (Fsp3) is 0.346. The first-order valence-corrected chi connectivity index (χ1v) is 12.3. The van der Waals surface area contributed by atoms with E-state index in [1.807, 2.05) is 19.1 Å². The van der Waals surface area contributed by atoms with Crippen molar-refractivity contribution in [3.05, 3.63) is 63.1 Å². The zero-order valence-corrected chi connectivity index (χ0v) is 21.9. The molecule has 172 valence electrons. The van der Waals surface area contributed by atoms with Crippen molar-refractivity contribution < 1.29 is 9.59 Å². The van der Waals surface area contributed by atoms with E-state index in [0.29, 0.717) is 11.6 Å². The quantitative estimate of drug-likeness (QED) is 0.317. The van der Waals surface area contributed by atoms with Crippen LogP contribution in [0.4, 0.5) is 11.4 Å². The smallest absolute Gasteiger partial charge is 0.270 e. The van der Waals surface area contributed by atoms with Gasteiger partial charge in [-0.05, 0) is 105 Å². The van der Waals surface area contributed by atoms with Gasteiger partial charge in [0.1, 0.15) is 5.57 Å². The maximum Gasteiger partial charge on any atom is 0.270 e. The molecule has 1 saturated heterocycles. The Balaban J connectivity index is 1.78. The number of halogens is 1. The van der Waals surface area contributed by atoms with Crippen LogP contribution in [0.25, 0.3) is 6.08 Å². The molecule has 0 spiro atoms. The molecule has 0 aromatic heterocycles. The van der Waals surface area contributed by atoms with E-state index in [0.717, 1.165) is 28.6 Å². The molecule has 2 aliphatic heterocycles. The first kappa shape index (κ1) is 23.6. The molecule has 7 heteroatoms. The minimum absolute atomic E-state index is 0.0720. The lowest BCUT2D eigenvalue weighted by atomic mass is 9.79. The molecule has 0 bridgehead atoms. The number of nitrogens with zero attached hydrogens (tertiary/aromatic N) is 2. The lowest BCUT2D eigenvalue weighted by molar-refractivity contribution is -0.122. The van der Waals surface area contributed by atoms with Crippen molar-refractivity contribution in [1.82, 2.24) is 5.32 Å². The maximum atomic E-state index is 13.4. The van der Waals surface area contributed by atoms with Gasteiger partial charge < -0.3 is 4.90 Å². The molecule has 5 nitrogen and oxygen atoms in total. The topological polar surface area (TPSA) is 52.7 Å². The second-order valence-corrected chi connectivity index (χ2v) is 10.7. The van der Waals surface area contributed by atoms with Crippen molar-refractivity contribution in [2.45, 2.75) is 52.5 Å². The number of aryl methyl sites for hydroxylation is 1.